The van der Waals surface area contributed by atoms with Gasteiger partial charge in [-0.1, -0.05) is 54.1 Å². The van der Waals surface area contributed by atoms with Crippen molar-refractivity contribution in [1.82, 2.24) is 14.3 Å². The minimum absolute atomic E-state index is 0.0402. The molecule has 0 radical (unpaired) electrons. The van der Waals surface area contributed by atoms with Crippen LogP contribution in [0.25, 0.3) is 0 Å². The molecule has 1 N–H and O–H groups in total. The minimum atomic E-state index is -4.44. The third-order valence-electron chi connectivity index (χ3n) is 6.43. The second kappa shape index (κ2) is 13.9. The van der Waals surface area contributed by atoms with Crippen LogP contribution in [0.3, 0.4) is 0 Å². The van der Waals surface area contributed by atoms with Gasteiger partial charge in [0.15, 0.2) is 0 Å². The van der Waals surface area contributed by atoms with E-state index in [4.69, 9.17) is 27.9 Å². The number of carbonyl (C=O) groups is 1. The molecular formula is C28H26Cl2F2N4O4S2. The SMILES string of the molecule is C=C(/C=C\C=C/C)[C@H]1C[C@@H](OC(=O)c2cc(Cl)cc(Cl)c2)CCN1Cc1cc(F)c(S(=O)(=O)Nc2ncns2)cc1F. The summed E-state index contributed by atoms with van der Waals surface area (Å²) < 4.78 is 67.1. The molecule has 222 valence electrons. The van der Waals surface area contributed by atoms with Gasteiger partial charge in [0.05, 0.1) is 5.56 Å². The Hall–Kier alpha value is -3.16. The molecule has 1 aliphatic heterocycles. The highest BCUT2D eigenvalue weighted by molar-refractivity contribution is 7.93. The zero-order valence-corrected chi connectivity index (χ0v) is 25.4. The highest BCUT2D eigenvalue weighted by atomic mass is 35.5. The van der Waals surface area contributed by atoms with Gasteiger partial charge in [-0.2, -0.15) is 4.37 Å². The summed E-state index contributed by atoms with van der Waals surface area (Å²) in [5.74, 6) is -2.59. The first-order valence-corrected chi connectivity index (χ1v) is 15.6. The average Bonchev–Trinajstić information content (AvgIpc) is 3.43. The van der Waals surface area contributed by atoms with E-state index in [9.17, 15) is 13.2 Å². The Labute approximate surface area is 256 Å². The summed E-state index contributed by atoms with van der Waals surface area (Å²) in [5.41, 5.74) is 0.842. The van der Waals surface area contributed by atoms with Crippen LogP contribution in [0.5, 0.6) is 0 Å². The van der Waals surface area contributed by atoms with Gasteiger partial charge in [0, 0.05) is 52.7 Å². The smallest absolute Gasteiger partial charge is 0.338 e. The number of hydrogen-bond donors (Lipinski definition) is 1. The molecule has 4 rings (SSSR count). The standard InChI is InChI=1S/C28H26Cl2F2N4O4S2/c1-3-4-5-6-17(2)25-13-22(40-27(37)18-9-20(29)12-21(30)10-18)7-8-36(25)15-19-11-24(32)26(14-23(19)31)42(38,39)35-28-33-16-34-41-28/h3-6,9-12,14,16,22,25H,2,7-8,13,15H2,1H3,(H,33,34,35)/b4-3-,6-5-/t22-,25+/m0/s1. The van der Waals surface area contributed by atoms with E-state index >= 15 is 8.78 Å². The lowest BCUT2D eigenvalue weighted by atomic mass is 9.92. The number of sulfonamides is 1. The second-order valence-corrected chi connectivity index (χ2v) is 12.7. The monoisotopic (exact) mass is 654 g/mol. The first-order chi connectivity index (χ1) is 20.0. The van der Waals surface area contributed by atoms with Gasteiger partial charge in [-0.15, -0.1) is 0 Å². The maximum atomic E-state index is 15.2. The normalized spacial score (nSPS) is 18.0. The molecule has 1 saturated heterocycles. The Balaban J connectivity index is 1.54. The number of piperidine rings is 1. The molecule has 1 fully saturated rings. The molecule has 3 aromatic rings. The van der Waals surface area contributed by atoms with E-state index in [1.165, 1.54) is 18.2 Å². The van der Waals surface area contributed by atoms with E-state index in [2.05, 4.69) is 20.7 Å². The van der Waals surface area contributed by atoms with Crippen molar-refractivity contribution in [2.24, 2.45) is 0 Å². The number of anilines is 1. The number of hydrogen-bond acceptors (Lipinski definition) is 8. The van der Waals surface area contributed by atoms with E-state index in [0.29, 0.717) is 41.1 Å². The quantitative estimate of drug-likeness (QED) is 0.189. The molecule has 1 aliphatic rings. The topological polar surface area (TPSA) is 101 Å². The number of nitrogens with one attached hydrogen (secondary N) is 1. The molecule has 2 heterocycles. The first-order valence-electron chi connectivity index (χ1n) is 12.6. The number of carbonyl (C=O) groups excluding carboxylic acids is 1. The summed E-state index contributed by atoms with van der Waals surface area (Å²) in [6, 6.07) is 5.56. The Morgan fingerprint density at radius 2 is 1.93 bits per heavy atom. The van der Waals surface area contributed by atoms with Gasteiger partial charge in [0.25, 0.3) is 10.0 Å². The van der Waals surface area contributed by atoms with E-state index < -0.39 is 44.7 Å². The Bertz CT molecular complexity index is 1610. The van der Waals surface area contributed by atoms with Crippen LogP contribution in [0, 0.1) is 11.6 Å². The lowest BCUT2D eigenvalue weighted by Gasteiger charge is -2.39. The van der Waals surface area contributed by atoms with Crippen LogP contribution >= 0.6 is 34.7 Å². The Morgan fingerprint density at radius 3 is 2.60 bits per heavy atom. The molecule has 2 atom stereocenters. The highest BCUT2D eigenvalue weighted by Crippen LogP contribution is 2.30. The van der Waals surface area contributed by atoms with Crippen LogP contribution in [0.1, 0.15) is 35.7 Å². The fourth-order valence-electron chi connectivity index (χ4n) is 4.46. The number of esters is 1. The fraction of sp³-hybridized carbons (Fsp3) is 0.250. The zero-order valence-electron chi connectivity index (χ0n) is 22.3. The molecule has 2 aromatic carbocycles. The summed E-state index contributed by atoms with van der Waals surface area (Å²) >= 11 is 12.8. The number of aromatic nitrogens is 2. The molecule has 0 bridgehead atoms. The van der Waals surface area contributed by atoms with E-state index in [1.54, 1.807) is 12.2 Å². The third-order valence-corrected chi connectivity index (χ3v) is 8.93. The van der Waals surface area contributed by atoms with Gasteiger partial charge in [-0.25, -0.2) is 27.0 Å². The fourth-order valence-corrected chi connectivity index (χ4v) is 6.72. The molecular weight excluding hydrogens is 629 g/mol. The van der Waals surface area contributed by atoms with Gasteiger partial charge in [0.2, 0.25) is 5.13 Å². The predicted molar refractivity (Wildman–Crippen MR) is 159 cm³/mol. The molecule has 1 aromatic heterocycles. The van der Waals surface area contributed by atoms with Crippen molar-refractivity contribution >= 4 is 55.9 Å². The maximum absolute atomic E-state index is 15.2. The molecule has 8 nitrogen and oxygen atoms in total. The van der Waals surface area contributed by atoms with Crippen LogP contribution in [0.2, 0.25) is 10.0 Å². The number of allylic oxidation sites excluding steroid dienone is 3. The number of nitrogens with zero attached hydrogens (tertiary/aromatic N) is 3. The molecule has 42 heavy (non-hydrogen) atoms. The van der Waals surface area contributed by atoms with Gasteiger partial charge in [-0.05, 0) is 49.2 Å². The van der Waals surface area contributed by atoms with Crippen molar-refractivity contribution in [2.45, 2.75) is 43.4 Å². The molecule has 0 aliphatic carbocycles. The van der Waals surface area contributed by atoms with Crippen molar-refractivity contribution in [1.29, 1.82) is 0 Å². The predicted octanol–water partition coefficient (Wildman–Crippen LogP) is 6.80. The van der Waals surface area contributed by atoms with Crippen molar-refractivity contribution < 1.29 is 26.7 Å². The minimum Gasteiger partial charge on any atom is -0.459 e. The van der Waals surface area contributed by atoms with Crippen LogP contribution in [0.4, 0.5) is 13.9 Å². The Morgan fingerprint density at radius 1 is 1.19 bits per heavy atom. The van der Waals surface area contributed by atoms with Crippen LogP contribution in [-0.2, 0) is 21.3 Å². The van der Waals surface area contributed by atoms with Crippen molar-refractivity contribution in [3.63, 3.8) is 0 Å². The molecule has 0 unspecified atom stereocenters. The second-order valence-electron chi connectivity index (χ2n) is 9.38. The van der Waals surface area contributed by atoms with Crippen LogP contribution < -0.4 is 4.72 Å². The number of benzene rings is 2. The summed E-state index contributed by atoms with van der Waals surface area (Å²) in [7, 11) is -4.44. The molecule has 14 heteroatoms. The zero-order chi connectivity index (χ0) is 30.4. The van der Waals surface area contributed by atoms with E-state index in [-0.39, 0.29) is 22.8 Å². The lowest BCUT2D eigenvalue weighted by Crippen LogP contribution is -2.45. The number of ether oxygens (including phenoxy) is 1. The Kier molecular flexibility index (Phi) is 10.5. The van der Waals surface area contributed by atoms with E-state index in [0.717, 1.165) is 23.9 Å². The molecule has 0 amide bonds. The van der Waals surface area contributed by atoms with Crippen molar-refractivity contribution in [2.75, 3.05) is 11.3 Å². The molecule has 0 saturated carbocycles. The summed E-state index contributed by atoms with van der Waals surface area (Å²) in [6.07, 6.45) is 8.65. The van der Waals surface area contributed by atoms with Crippen molar-refractivity contribution in [3.8, 4) is 0 Å². The van der Waals surface area contributed by atoms with Gasteiger partial charge < -0.3 is 4.74 Å². The molecule has 0 spiro atoms. The van der Waals surface area contributed by atoms with Crippen LogP contribution in [-0.4, -0.2) is 47.3 Å². The highest BCUT2D eigenvalue weighted by Gasteiger charge is 2.33. The van der Waals surface area contributed by atoms with Gasteiger partial charge >= 0.3 is 5.97 Å². The third kappa shape index (κ3) is 8.01. The van der Waals surface area contributed by atoms with E-state index in [1.807, 2.05) is 24.0 Å². The van der Waals surface area contributed by atoms with Gasteiger partial charge in [-0.3, -0.25) is 9.62 Å². The largest absolute Gasteiger partial charge is 0.459 e. The lowest BCUT2D eigenvalue weighted by molar-refractivity contribution is 0.000797. The van der Waals surface area contributed by atoms with Gasteiger partial charge in [0.1, 0.15) is 29.0 Å². The number of likely N-dealkylation sites (tertiary alicyclic amines) is 1. The van der Waals surface area contributed by atoms with Crippen molar-refractivity contribution in [3.05, 3.63) is 106 Å². The number of rotatable bonds is 10. The summed E-state index contributed by atoms with van der Waals surface area (Å²) in [6.45, 7) is 6.33. The number of halogens is 4. The average molecular weight is 656 g/mol. The first kappa shape index (κ1) is 31.8. The maximum Gasteiger partial charge on any atom is 0.338 e. The summed E-state index contributed by atoms with van der Waals surface area (Å²) in [4.78, 5) is 17.6. The summed E-state index contributed by atoms with van der Waals surface area (Å²) in [5, 5.41) is 0.524. The van der Waals surface area contributed by atoms with Crippen LogP contribution in [0.15, 0.2) is 78.0 Å².